The summed E-state index contributed by atoms with van der Waals surface area (Å²) in [4.78, 5) is 28.0. The second-order valence-electron chi connectivity index (χ2n) is 7.71. The maximum absolute atomic E-state index is 13.4. The summed E-state index contributed by atoms with van der Waals surface area (Å²) in [5.74, 6) is 0.704. The first-order valence-electron chi connectivity index (χ1n) is 10.4. The van der Waals surface area contributed by atoms with E-state index < -0.39 is 12.1 Å². The molecule has 0 spiro atoms. The van der Waals surface area contributed by atoms with Crippen molar-refractivity contribution in [2.45, 2.75) is 12.6 Å². The molecule has 33 heavy (non-hydrogen) atoms. The monoisotopic (exact) mass is 439 g/mol. The van der Waals surface area contributed by atoms with E-state index in [1.54, 1.807) is 49.6 Å². The molecular formula is C25H21N5O3. The Bertz CT molecular complexity index is 1300. The van der Waals surface area contributed by atoms with Gasteiger partial charge in [0.15, 0.2) is 11.6 Å². The summed E-state index contributed by atoms with van der Waals surface area (Å²) >= 11 is 0. The van der Waals surface area contributed by atoms with Gasteiger partial charge in [0, 0.05) is 17.8 Å². The third-order valence-corrected chi connectivity index (χ3v) is 5.70. The third kappa shape index (κ3) is 3.61. The van der Waals surface area contributed by atoms with E-state index in [0.717, 1.165) is 11.1 Å². The third-order valence-electron chi connectivity index (χ3n) is 5.70. The van der Waals surface area contributed by atoms with Crippen LogP contribution in [0.1, 0.15) is 27.5 Å². The van der Waals surface area contributed by atoms with Crippen molar-refractivity contribution in [3.63, 3.8) is 0 Å². The van der Waals surface area contributed by atoms with E-state index in [9.17, 15) is 9.59 Å². The van der Waals surface area contributed by atoms with Gasteiger partial charge in [-0.15, -0.1) is 5.11 Å². The summed E-state index contributed by atoms with van der Waals surface area (Å²) in [7, 11) is 1.57. The highest BCUT2D eigenvalue weighted by molar-refractivity contribution is 6.16. The molecule has 1 aliphatic carbocycles. The molecule has 0 fully saturated rings. The summed E-state index contributed by atoms with van der Waals surface area (Å²) in [6, 6.07) is 20.6. The van der Waals surface area contributed by atoms with E-state index in [-0.39, 0.29) is 18.1 Å². The van der Waals surface area contributed by atoms with Crippen LogP contribution in [0.5, 0.6) is 5.75 Å². The van der Waals surface area contributed by atoms with Crippen molar-refractivity contribution in [3.8, 4) is 5.75 Å². The lowest BCUT2D eigenvalue weighted by Gasteiger charge is -2.23. The zero-order chi connectivity index (χ0) is 22.9. The second-order valence-corrected chi connectivity index (χ2v) is 7.71. The molecule has 2 amide bonds. The highest BCUT2D eigenvalue weighted by Crippen LogP contribution is 2.45. The van der Waals surface area contributed by atoms with E-state index in [4.69, 9.17) is 10.5 Å². The predicted molar refractivity (Wildman–Crippen MR) is 124 cm³/mol. The molecule has 3 aromatic rings. The van der Waals surface area contributed by atoms with Crippen LogP contribution >= 0.6 is 0 Å². The fourth-order valence-electron chi connectivity index (χ4n) is 4.00. The van der Waals surface area contributed by atoms with Gasteiger partial charge in [0.1, 0.15) is 11.8 Å². The number of rotatable bonds is 5. The summed E-state index contributed by atoms with van der Waals surface area (Å²) in [5.41, 5.74) is 9.61. The largest absolute Gasteiger partial charge is 0.497 e. The standard InChI is InChI=1S/C25H21N5O3/c1-33-18-12-10-17(11-13-18)30(25(32)27-14-15-6-8-16(26)9-7-15)24-21-22(28-29-24)19-4-2-3-5-20(19)23(21)31/h2-13,22H,14,26H2,1H3,(H,27,32). The number of carbonyl (C=O) groups is 2. The highest BCUT2D eigenvalue weighted by atomic mass is 16.5. The van der Waals surface area contributed by atoms with Crippen LogP contribution in [0.2, 0.25) is 0 Å². The van der Waals surface area contributed by atoms with Crippen LogP contribution in [0, 0.1) is 0 Å². The van der Waals surface area contributed by atoms with E-state index in [1.807, 2.05) is 30.3 Å². The topological polar surface area (TPSA) is 109 Å². The van der Waals surface area contributed by atoms with E-state index in [0.29, 0.717) is 28.3 Å². The van der Waals surface area contributed by atoms with Crippen molar-refractivity contribution in [2.75, 3.05) is 17.7 Å². The number of hydrogen-bond donors (Lipinski definition) is 2. The smallest absolute Gasteiger partial charge is 0.328 e. The molecule has 0 saturated carbocycles. The number of nitrogen functional groups attached to an aromatic ring is 1. The Morgan fingerprint density at radius 2 is 1.79 bits per heavy atom. The Morgan fingerprint density at radius 1 is 1.06 bits per heavy atom. The first kappa shape index (κ1) is 20.4. The number of hydrogen-bond acceptors (Lipinski definition) is 6. The SMILES string of the molecule is COc1ccc(N(C(=O)NCc2ccc(N)cc2)C2=C3C(=O)c4ccccc4C3N=N2)cc1. The molecule has 1 atom stereocenters. The highest BCUT2D eigenvalue weighted by Gasteiger charge is 2.43. The predicted octanol–water partition coefficient (Wildman–Crippen LogP) is 4.61. The van der Waals surface area contributed by atoms with Crippen LogP contribution < -0.4 is 20.7 Å². The minimum atomic E-state index is -0.505. The fraction of sp³-hybridized carbons (Fsp3) is 0.120. The van der Waals surface area contributed by atoms with Crippen LogP contribution in [0.15, 0.2) is 94.4 Å². The van der Waals surface area contributed by atoms with E-state index in [2.05, 4.69) is 15.5 Å². The molecule has 3 N–H and O–H groups in total. The van der Waals surface area contributed by atoms with Gasteiger partial charge in [-0.2, -0.15) is 5.11 Å². The number of Topliss-reactive ketones (excluding diaryl/α,β-unsaturated/α-hetero) is 1. The summed E-state index contributed by atoms with van der Waals surface area (Å²) in [6.07, 6.45) is 0. The molecule has 8 nitrogen and oxygen atoms in total. The summed E-state index contributed by atoms with van der Waals surface area (Å²) < 4.78 is 5.24. The molecule has 3 aromatic carbocycles. The molecule has 2 aliphatic rings. The Morgan fingerprint density at radius 3 is 2.52 bits per heavy atom. The van der Waals surface area contributed by atoms with Gasteiger partial charge in [0.05, 0.1) is 18.4 Å². The van der Waals surface area contributed by atoms with Gasteiger partial charge in [0.25, 0.3) is 0 Å². The van der Waals surface area contributed by atoms with Gasteiger partial charge in [0.2, 0.25) is 0 Å². The van der Waals surface area contributed by atoms with Crippen molar-refractivity contribution in [1.82, 2.24) is 5.32 Å². The number of ketones is 1. The average molecular weight is 439 g/mol. The Kier molecular flexibility index (Phi) is 5.10. The number of nitrogens with two attached hydrogens (primary N) is 1. The maximum Gasteiger partial charge on any atom is 0.328 e. The Balaban J connectivity index is 1.52. The molecule has 0 aromatic heterocycles. The van der Waals surface area contributed by atoms with Crippen LogP contribution in [0.4, 0.5) is 16.2 Å². The average Bonchev–Trinajstić information content (AvgIpc) is 3.39. The Labute approximate surface area is 190 Å². The first-order valence-corrected chi connectivity index (χ1v) is 10.4. The van der Waals surface area contributed by atoms with Crippen molar-refractivity contribution >= 4 is 23.2 Å². The molecule has 1 aliphatic heterocycles. The lowest BCUT2D eigenvalue weighted by Crippen LogP contribution is -2.39. The van der Waals surface area contributed by atoms with E-state index >= 15 is 0 Å². The molecule has 0 saturated heterocycles. The molecular weight excluding hydrogens is 418 g/mol. The van der Waals surface area contributed by atoms with E-state index in [1.165, 1.54) is 4.90 Å². The van der Waals surface area contributed by atoms with Gasteiger partial charge < -0.3 is 15.8 Å². The molecule has 164 valence electrons. The number of amides is 2. The molecule has 1 unspecified atom stereocenters. The number of urea groups is 1. The Hall–Kier alpha value is -4.46. The van der Waals surface area contributed by atoms with Gasteiger partial charge in [-0.1, -0.05) is 36.4 Å². The number of azo groups is 1. The van der Waals surface area contributed by atoms with Crippen LogP contribution in [0.25, 0.3) is 0 Å². The summed E-state index contributed by atoms with van der Waals surface area (Å²) in [6.45, 7) is 0.281. The van der Waals surface area contributed by atoms with Gasteiger partial charge in [-0.05, 0) is 47.5 Å². The number of anilines is 2. The normalized spacial score (nSPS) is 15.9. The first-order chi connectivity index (χ1) is 16.1. The van der Waals surface area contributed by atoms with Crippen molar-refractivity contribution in [1.29, 1.82) is 0 Å². The molecule has 1 heterocycles. The number of fused-ring (bicyclic) bond motifs is 3. The van der Waals surface area contributed by atoms with Crippen LogP contribution in [-0.2, 0) is 6.54 Å². The molecule has 8 heteroatoms. The molecule has 5 rings (SSSR count). The van der Waals surface area contributed by atoms with Gasteiger partial charge in [-0.25, -0.2) is 9.69 Å². The number of nitrogens with zero attached hydrogens (tertiary/aromatic N) is 3. The van der Waals surface area contributed by atoms with Gasteiger partial charge >= 0.3 is 6.03 Å². The van der Waals surface area contributed by atoms with Gasteiger partial charge in [-0.3, -0.25) is 4.79 Å². The molecule has 0 bridgehead atoms. The van der Waals surface area contributed by atoms with Crippen molar-refractivity contribution in [2.24, 2.45) is 10.2 Å². The second kappa shape index (κ2) is 8.23. The van der Waals surface area contributed by atoms with Crippen molar-refractivity contribution < 1.29 is 14.3 Å². The zero-order valence-corrected chi connectivity index (χ0v) is 17.9. The quantitative estimate of drug-likeness (QED) is 0.566. The number of nitrogens with one attached hydrogen (secondary N) is 1. The number of ether oxygens (including phenoxy) is 1. The lowest BCUT2D eigenvalue weighted by atomic mass is 10.1. The minimum absolute atomic E-state index is 0.166. The maximum atomic E-state index is 13.4. The number of methoxy groups -OCH3 is 1. The number of benzene rings is 3. The van der Waals surface area contributed by atoms with Crippen LogP contribution in [-0.4, -0.2) is 18.9 Å². The van der Waals surface area contributed by atoms with Crippen LogP contribution in [0.3, 0.4) is 0 Å². The minimum Gasteiger partial charge on any atom is -0.497 e. The van der Waals surface area contributed by atoms with Crippen molar-refractivity contribution in [3.05, 3.63) is 101 Å². The number of carbonyl (C=O) groups excluding carboxylic acids is 2. The fourth-order valence-corrected chi connectivity index (χ4v) is 4.00. The molecule has 0 radical (unpaired) electrons. The lowest BCUT2D eigenvalue weighted by molar-refractivity contribution is 0.103. The summed E-state index contributed by atoms with van der Waals surface area (Å²) in [5, 5.41) is 11.5. The zero-order valence-electron chi connectivity index (χ0n) is 17.9.